The molecule has 0 saturated heterocycles. The van der Waals surface area contributed by atoms with E-state index in [1.807, 2.05) is 32.0 Å². The summed E-state index contributed by atoms with van der Waals surface area (Å²) >= 11 is 0. The maximum absolute atomic E-state index is 12.9. The molecular formula is C19H17N5O3. The number of hydrogen-bond acceptors (Lipinski definition) is 6. The molecule has 0 atom stereocenters. The van der Waals surface area contributed by atoms with Gasteiger partial charge in [-0.25, -0.2) is 14.3 Å². The van der Waals surface area contributed by atoms with Crippen LogP contribution in [0.5, 0.6) is 0 Å². The van der Waals surface area contributed by atoms with Crippen LogP contribution >= 0.6 is 0 Å². The molecular weight excluding hydrogens is 346 g/mol. The molecule has 8 nitrogen and oxygen atoms in total. The molecule has 0 spiro atoms. The minimum atomic E-state index is -0.546. The van der Waals surface area contributed by atoms with Gasteiger partial charge < -0.3 is 9.73 Å². The van der Waals surface area contributed by atoms with Crippen molar-refractivity contribution in [2.24, 2.45) is 0 Å². The van der Waals surface area contributed by atoms with Gasteiger partial charge in [-0.1, -0.05) is 17.7 Å². The zero-order valence-electron chi connectivity index (χ0n) is 14.8. The highest BCUT2D eigenvalue weighted by Gasteiger charge is 2.13. The van der Waals surface area contributed by atoms with E-state index in [9.17, 15) is 9.59 Å². The van der Waals surface area contributed by atoms with Gasteiger partial charge in [-0.3, -0.25) is 9.78 Å². The Labute approximate surface area is 153 Å². The highest BCUT2D eigenvalue weighted by Crippen LogP contribution is 2.14. The van der Waals surface area contributed by atoms with Crippen molar-refractivity contribution in [1.82, 2.24) is 19.5 Å². The lowest BCUT2D eigenvalue weighted by Gasteiger charge is -2.10. The number of hydrogen-bond donors (Lipinski definition) is 2. The molecule has 0 aliphatic heterocycles. The van der Waals surface area contributed by atoms with Crippen LogP contribution in [0, 0.1) is 13.8 Å². The number of aryl methyl sites for hydroxylation is 2. The maximum atomic E-state index is 12.9. The first-order valence-corrected chi connectivity index (χ1v) is 8.39. The van der Waals surface area contributed by atoms with Gasteiger partial charge in [0.05, 0.1) is 18.5 Å². The molecule has 0 radical (unpaired) electrons. The number of nitrogens with one attached hydrogen (secondary N) is 2. The van der Waals surface area contributed by atoms with Gasteiger partial charge in [-0.15, -0.1) is 0 Å². The number of rotatable bonds is 4. The van der Waals surface area contributed by atoms with Crippen molar-refractivity contribution < 1.29 is 4.42 Å². The lowest BCUT2D eigenvalue weighted by molar-refractivity contribution is 0.517. The third-order valence-electron chi connectivity index (χ3n) is 4.24. The molecule has 8 heteroatoms. The van der Waals surface area contributed by atoms with Gasteiger partial charge in [-0.2, -0.15) is 4.98 Å². The smallest absolute Gasteiger partial charge is 0.334 e. The molecule has 0 unspecified atom stereocenters. The van der Waals surface area contributed by atoms with Crippen LogP contribution in [-0.2, 0) is 6.54 Å². The van der Waals surface area contributed by atoms with E-state index in [0.717, 1.165) is 21.5 Å². The Morgan fingerprint density at radius 1 is 1.22 bits per heavy atom. The van der Waals surface area contributed by atoms with Crippen molar-refractivity contribution in [3.8, 4) is 5.69 Å². The number of H-pyrrole nitrogens is 1. The monoisotopic (exact) mass is 363 g/mol. The minimum Gasteiger partial charge on any atom is -0.467 e. The summed E-state index contributed by atoms with van der Waals surface area (Å²) < 4.78 is 6.34. The van der Waals surface area contributed by atoms with Gasteiger partial charge >= 0.3 is 5.69 Å². The summed E-state index contributed by atoms with van der Waals surface area (Å²) in [6.45, 7) is 4.20. The molecule has 4 aromatic rings. The summed E-state index contributed by atoms with van der Waals surface area (Å²) in [7, 11) is 0. The quantitative estimate of drug-likeness (QED) is 0.576. The van der Waals surface area contributed by atoms with E-state index < -0.39 is 11.2 Å². The topological polar surface area (TPSA) is 106 Å². The Hall–Kier alpha value is -3.68. The maximum Gasteiger partial charge on any atom is 0.334 e. The summed E-state index contributed by atoms with van der Waals surface area (Å²) in [6.07, 6.45) is 2.98. The van der Waals surface area contributed by atoms with Gasteiger partial charge in [-0.05, 0) is 37.6 Å². The van der Waals surface area contributed by atoms with E-state index in [4.69, 9.17) is 4.42 Å². The summed E-state index contributed by atoms with van der Waals surface area (Å²) in [5.41, 5.74) is 1.60. The Balaban J connectivity index is 1.77. The summed E-state index contributed by atoms with van der Waals surface area (Å²) in [5.74, 6) is 1.01. The second-order valence-electron chi connectivity index (χ2n) is 6.25. The van der Waals surface area contributed by atoms with Crippen LogP contribution in [0.4, 0.5) is 5.95 Å². The Bertz CT molecular complexity index is 1240. The molecule has 0 fully saturated rings. The number of fused-ring (bicyclic) bond motifs is 1. The Morgan fingerprint density at radius 2 is 2.07 bits per heavy atom. The molecule has 0 bridgehead atoms. The van der Waals surface area contributed by atoms with Crippen molar-refractivity contribution in [3.63, 3.8) is 0 Å². The van der Waals surface area contributed by atoms with E-state index in [1.165, 1.54) is 6.20 Å². The van der Waals surface area contributed by atoms with Gasteiger partial charge in [0.2, 0.25) is 5.95 Å². The zero-order chi connectivity index (χ0) is 19.0. The van der Waals surface area contributed by atoms with Crippen LogP contribution in [-0.4, -0.2) is 19.5 Å². The second-order valence-corrected chi connectivity index (χ2v) is 6.25. The van der Waals surface area contributed by atoms with Gasteiger partial charge in [0.1, 0.15) is 11.1 Å². The first-order valence-electron chi connectivity index (χ1n) is 8.39. The lowest BCUT2D eigenvalue weighted by atomic mass is 10.1. The van der Waals surface area contributed by atoms with E-state index >= 15 is 0 Å². The Morgan fingerprint density at radius 3 is 2.81 bits per heavy atom. The van der Waals surface area contributed by atoms with E-state index in [1.54, 1.807) is 18.4 Å². The Kier molecular flexibility index (Phi) is 4.08. The van der Waals surface area contributed by atoms with Gasteiger partial charge in [0.25, 0.3) is 5.56 Å². The molecule has 27 heavy (non-hydrogen) atoms. The standard InChI is InChI=1S/C19H17N5O3/c1-11-5-6-15(12(2)8-11)24-17(25)14-10-21-18(22-16(14)23-19(24)26)20-9-13-4-3-7-27-13/h3-8,10H,9H2,1-2H3,(H2,20,21,22,23,26). The molecule has 3 heterocycles. The van der Waals surface area contributed by atoms with Crippen LogP contribution in [0.25, 0.3) is 16.7 Å². The van der Waals surface area contributed by atoms with E-state index in [2.05, 4.69) is 20.3 Å². The van der Waals surface area contributed by atoms with Crippen molar-refractivity contribution >= 4 is 17.0 Å². The minimum absolute atomic E-state index is 0.183. The highest BCUT2D eigenvalue weighted by atomic mass is 16.3. The highest BCUT2D eigenvalue weighted by molar-refractivity contribution is 5.73. The number of furan rings is 1. The van der Waals surface area contributed by atoms with Crippen molar-refractivity contribution in [2.45, 2.75) is 20.4 Å². The molecule has 4 rings (SSSR count). The fourth-order valence-electron chi connectivity index (χ4n) is 2.94. The fourth-order valence-corrected chi connectivity index (χ4v) is 2.94. The predicted molar refractivity (Wildman–Crippen MR) is 101 cm³/mol. The number of aromatic amines is 1. The number of benzene rings is 1. The molecule has 0 aliphatic rings. The first-order chi connectivity index (χ1) is 13.0. The van der Waals surface area contributed by atoms with Gasteiger partial charge in [0.15, 0.2) is 5.65 Å². The number of anilines is 1. The normalized spacial score (nSPS) is 11.0. The molecule has 2 N–H and O–H groups in total. The third kappa shape index (κ3) is 3.12. The summed E-state index contributed by atoms with van der Waals surface area (Å²) in [6, 6.07) is 9.14. The fraction of sp³-hybridized carbons (Fsp3) is 0.158. The SMILES string of the molecule is Cc1ccc(-n2c(=O)[nH]c3nc(NCc4ccco4)ncc3c2=O)c(C)c1. The summed E-state index contributed by atoms with van der Waals surface area (Å²) in [4.78, 5) is 36.5. The van der Waals surface area contributed by atoms with Crippen LogP contribution in [0.1, 0.15) is 16.9 Å². The molecule has 0 saturated carbocycles. The summed E-state index contributed by atoms with van der Waals surface area (Å²) in [5, 5.41) is 3.23. The molecule has 1 aromatic carbocycles. The van der Waals surface area contributed by atoms with Crippen molar-refractivity contribution in [2.75, 3.05) is 5.32 Å². The van der Waals surface area contributed by atoms with Crippen LogP contribution in [0.2, 0.25) is 0 Å². The molecule has 0 amide bonds. The number of aromatic nitrogens is 4. The van der Waals surface area contributed by atoms with Crippen LogP contribution < -0.4 is 16.6 Å². The van der Waals surface area contributed by atoms with E-state index in [-0.39, 0.29) is 11.0 Å². The lowest BCUT2D eigenvalue weighted by Crippen LogP contribution is -2.34. The van der Waals surface area contributed by atoms with Crippen LogP contribution in [0.15, 0.2) is 56.8 Å². The molecule has 3 aromatic heterocycles. The number of nitrogens with zero attached hydrogens (tertiary/aromatic N) is 3. The van der Waals surface area contributed by atoms with Crippen LogP contribution in [0.3, 0.4) is 0 Å². The first kappa shape index (κ1) is 16.8. The average molecular weight is 363 g/mol. The molecule has 0 aliphatic carbocycles. The predicted octanol–water partition coefficient (Wildman–Crippen LogP) is 2.29. The van der Waals surface area contributed by atoms with E-state index in [0.29, 0.717) is 18.2 Å². The van der Waals surface area contributed by atoms with Crippen molar-refractivity contribution in [1.29, 1.82) is 0 Å². The van der Waals surface area contributed by atoms with Gasteiger partial charge in [0, 0.05) is 6.20 Å². The third-order valence-corrected chi connectivity index (χ3v) is 4.24. The molecule has 136 valence electrons. The van der Waals surface area contributed by atoms with Crippen molar-refractivity contribution in [3.05, 3.63) is 80.5 Å². The second kappa shape index (κ2) is 6.56. The zero-order valence-corrected chi connectivity index (χ0v) is 14.8. The average Bonchev–Trinajstić information content (AvgIpc) is 3.15. The largest absolute Gasteiger partial charge is 0.467 e.